The number of benzene rings is 1. The summed E-state index contributed by atoms with van der Waals surface area (Å²) in [7, 11) is 1.67. The van der Waals surface area contributed by atoms with Crippen molar-refractivity contribution >= 4 is 0 Å². The van der Waals surface area contributed by atoms with Gasteiger partial charge < -0.3 is 19.5 Å². The molecule has 0 amide bonds. The Balaban J connectivity index is 2.31. The number of aryl methyl sites for hydroxylation is 1. The van der Waals surface area contributed by atoms with Crippen LogP contribution in [0.1, 0.15) is 30.5 Å². The summed E-state index contributed by atoms with van der Waals surface area (Å²) in [5, 5.41) is 3.53. The Kier molecular flexibility index (Phi) is 10.1. The zero-order valence-corrected chi connectivity index (χ0v) is 13.6. The zero-order chi connectivity index (χ0) is 15.3. The second-order valence-electron chi connectivity index (χ2n) is 5.10. The first-order valence-corrected chi connectivity index (χ1v) is 7.72. The number of nitrogens with one attached hydrogen (secondary N) is 1. The van der Waals surface area contributed by atoms with Gasteiger partial charge >= 0.3 is 0 Å². The Labute approximate surface area is 128 Å². The van der Waals surface area contributed by atoms with Gasteiger partial charge in [-0.2, -0.15) is 0 Å². The third-order valence-electron chi connectivity index (χ3n) is 3.21. The first-order valence-electron chi connectivity index (χ1n) is 7.72. The molecule has 1 rings (SSSR count). The quantitative estimate of drug-likeness (QED) is 0.602. The summed E-state index contributed by atoms with van der Waals surface area (Å²) in [6, 6.07) is 8.86. The largest absolute Gasteiger partial charge is 0.382 e. The van der Waals surface area contributed by atoms with E-state index in [0.29, 0.717) is 33.0 Å². The number of ether oxygens (including phenoxy) is 3. The highest BCUT2D eigenvalue weighted by atomic mass is 16.5. The molecule has 0 saturated heterocycles. The molecular formula is C17H29NO3. The van der Waals surface area contributed by atoms with Crippen molar-refractivity contribution in [2.75, 3.05) is 46.7 Å². The molecule has 0 fully saturated rings. The highest BCUT2D eigenvalue weighted by Crippen LogP contribution is 2.14. The molecule has 0 aromatic heterocycles. The highest BCUT2D eigenvalue weighted by molar-refractivity contribution is 5.24. The summed E-state index contributed by atoms with van der Waals surface area (Å²) in [6.45, 7) is 8.40. The normalized spacial score (nSPS) is 12.5. The SMILES string of the molecule is CCCNC(COCCOCCOC)c1ccc(C)cc1. The minimum Gasteiger partial charge on any atom is -0.382 e. The van der Waals surface area contributed by atoms with Crippen LogP contribution >= 0.6 is 0 Å². The van der Waals surface area contributed by atoms with E-state index in [1.165, 1.54) is 11.1 Å². The van der Waals surface area contributed by atoms with Gasteiger partial charge in [-0.15, -0.1) is 0 Å². The number of hydrogen-bond donors (Lipinski definition) is 1. The molecule has 0 aliphatic rings. The lowest BCUT2D eigenvalue weighted by atomic mass is 10.1. The standard InChI is InChI=1S/C17H29NO3/c1-4-9-18-17(16-7-5-15(2)6-8-16)14-21-13-12-20-11-10-19-3/h5-8,17-18H,4,9-14H2,1-3H3. The molecule has 0 bridgehead atoms. The second-order valence-corrected chi connectivity index (χ2v) is 5.10. The molecule has 120 valence electrons. The maximum atomic E-state index is 5.73. The number of hydrogen-bond acceptors (Lipinski definition) is 4. The molecule has 0 radical (unpaired) electrons. The molecule has 0 saturated carbocycles. The van der Waals surface area contributed by atoms with E-state index in [1.807, 2.05) is 0 Å². The van der Waals surface area contributed by atoms with E-state index in [1.54, 1.807) is 7.11 Å². The molecule has 0 aliphatic heterocycles. The Morgan fingerprint density at radius 3 is 2.33 bits per heavy atom. The zero-order valence-electron chi connectivity index (χ0n) is 13.6. The topological polar surface area (TPSA) is 39.7 Å². The van der Waals surface area contributed by atoms with Gasteiger partial charge in [-0.3, -0.25) is 0 Å². The summed E-state index contributed by atoms with van der Waals surface area (Å²) >= 11 is 0. The molecule has 21 heavy (non-hydrogen) atoms. The van der Waals surface area contributed by atoms with E-state index in [2.05, 4.69) is 43.4 Å². The second kappa shape index (κ2) is 11.7. The first kappa shape index (κ1) is 18.1. The van der Waals surface area contributed by atoms with E-state index in [0.717, 1.165) is 13.0 Å². The smallest absolute Gasteiger partial charge is 0.0701 e. The average Bonchev–Trinajstić information content (AvgIpc) is 2.50. The third-order valence-corrected chi connectivity index (χ3v) is 3.21. The third kappa shape index (κ3) is 8.17. The maximum Gasteiger partial charge on any atom is 0.0701 e. The van der Waals surface area contributed by atoms with Crippen molar-refractivity contribution in [1.29, 1.82) is 0 Å². The van der Waals surface area contributed by atoms with Crippen molar-refractivity contribution in [3.63, 3.8) is 0 Å². The Morgan fingerprint density at radius 1 is 1.00 bits per heavy atom. The summed E-state index contributed by atoms with van der Waals surface area (Å²) < 4.78 is 16.0. The van der Waals surface area contributed by atoms with Gasteiger partial charge in [0.1, 0.15) is 0 Å². The predicted molar refractivity (Wildman–Crippen MR) is 85.7 cm³/mol. The van der Waals surface area contributed by atoms with Crippen molar-refractivity contribution < 1.29 is 14.2 Å². The molecule has 0 heterocycles. The molecule has 1 unspecified atom stereocenters. The Bertz CT molecular complexity index is 354. The molecule has 1 aromatic rings. The fraction of sp³-hybridized carbons (Fsp3) is 0.647. The summed E-state index contributed by atoms with van der Waals surface area (Å²) in [5.74, 6) is 0. The molecule has 1 atom stereocenters. The lowest BCUT2D eigenvalue weighted by Gasteiger charge is -2.19. The van der Waals surface area contributed by atoms with Gasteiger partial charge in [-0.25, -0.2) is 0 Å². The van der Waals surface area contributed by atoms with E-state index in [9.17, 15) is 0 Å². The Hall–Kier alpha value is -0.940. The molecular weight excluding hydrogens is 266 g/mol. The number of rotatable bonds is 12. The lowest BCUT2D eigenvalue weighted by molar-refractivity contribution is 0.0193. The van der Waals surface area contributed by atoms with Gasteiger partial charge in [-0.05, 0) is 25.5 Å². The molecule has 1 N–H and O–H groups in total. The van der Waals surface area contributed by atoms with Crippen molar-refractivity contribution in [3.8, 4) is 0 Å². The van der Waals surface area contributed by atoms with E-state index < -0.39 is 0 Å². The van der Waals surface area contributed by atoms with E-state index >= 15 is 0 Å². The van der Waals surface area contributed by atoms with Gasteiger partial charge in [0.15, 0.2) is 0 Å². The van der Waals surface area contributed by atoms with Crippen molar-refractivity contribution in [2.45, 2.75) is 26.3 Å². The van der Waals surface area contributed by atoms with Crippen molar-refractivity contribution in [3.05, 3.63) is 35.4 Å². The summed E-state index contributed by atoms with van der Waals surface area (Å²) in [6.07, 6.45) is 1.11. The van der Waals surface area contributed by atoms with Gasteiger partial charge in [0.05, 0.1) is 39.1 Å². The molecule has 1 aromatic carbocycles. The van der Waals surface area contributed by atoms with Crippen LogP contribution < -0.4 is 5.32 Å². The van der Waals surface area contributed by atoms with Gasteiger partial charge in [0.2, 0.25) is 0 Å². The predicted octanol–water partition coefficient (Wildman–Crippen LogP) is 2.72. The van der Waals surface area contributed by atoms with Gasteiger partial charge in [0.25, 0.3) is 0 Å². The lowest BCUT2D eigenvalue weighted by Crippen LogP contribution is -2.27. The maximum absolute atomic E-state index is 5.73. The van der Waals surface area contributed by atoms with Crippen LogP contribution in [0, 0.1) is 6.92 Å². The van der Waals surface area contributed by atoms with Crippen molar-refractivity contribution in [1.82, 2.24) is 5.32 Å². The van der Waals surface area contributed by atoms with Gasteiger partial charge in [-0.1, -0.05) is 36.8 Å². The summed E-state index contributed by atoms with van der Waals surface area (Å²) in [5.41, 5.74) is 2.55. The van der Waals surface area contributed by atoms with Crippen LogP contribution in [0.25, 0.3) is 0 Å². The van der Waals surface area contributed by atoms with Crippen molar-refractivity contribution in [2.24, 2.45) is 0 Å². The van der Waals surface area contributed by atoms with Crippen LogP contribution in [-0.2, 0) is 14.2 Å². The molecule has 4 nitrogen and oxygen atoms in total. The first-order chi connectivity index (χ1) is 10.3. The van der Waals surface area contributed by atoms with Gasteiger partial charge in [0, 0.05) is 7.11 Å². The van der Waals surface area contributed by atoms with Crippen LogP contribution in [0.2, 0.25) is 0 Å². The minimum atomic E-state index is 0.240. The minimum absolute atomic E-state index is 0.240. The van der Waals surface area contributed by atoms with E-state index in [-0.39, 0.29) is 6.04 Å². The molecule has 4 heteroatoms. The number of methoxy groups -OCH3 is 1. The Morgan fingerprint density at radius 2 is 1.67 bits per heavy atom. The monoisotopic (exact) mass is 295 g/mol. The fourth-order valence-electron chi connectivity index (χ4n) is 1.95. The van der Waals surface area contributed by atoms with E-state index in [4.69, 9.17) is 14.2 Å². The fourth-order valence-corrected chi connectivity index (χ4v) is 1.95. The van der Waals surface area contributed by atoms with Crippen LogP contribution in [0.4, 0.5) is 0 Å². The van der Waals surface area contributed by atoms with Crippen LogP contribution in [-0.4, -0.2) is 46.7 Å². The highest BCUT2D eigenvalue weighted by Gasteiger charge is 2.10. The molecule has 0 spiro atoms. The van der Waals surface area contributed by atoms with Crippen LogP contribution in [0.5, 0.6) is 0 Å². The summed E-state index contributed by atoms with van der Waals surface area (Å²) in [4.78, 5) is 0. The molecule has 0 aliphatic carbocycles. The van der Waals surface area contributed by atoms with Crippen LogP contribution in [0.3, 0.4) is 0 Å². The average molecular weight is 295 g/mol. The van der Waals surface area contributed by atoms with Crippen LogP contribution in [0.15, 0.2) is 24.3 Å².